The molecule has 2 unspecified atom stereocenters. The molecule has 0 radical (unpaired) electrons. The molecule has 1 rings (SSSR count). The van der Waals surface area contributed by atoms with E-state index in [4.69, 9.17) is 5.11 Å². The fourth-order valence-corrected chi connectivity index (χ4v) is 2.23. The molecule has 1 saturated heterocycles. The highest BCUT2D eigenvalue weighted by Crippen LogP contribution is 2.25. The van der Waals surface area contributed by atoms with Crippen molar-refractivity contribution in [2.24, 2.45) is 11.8 Å². The van der Waals surface area contributed by atoms with E-state index in [9.17, 15) is 9.59 Å². The molecule has 1 heterocycles. The van der Waals surface area contributed by atoms with Crippen LogP contribution in [0.15, 0.2) is 0 Å². The predicted octanol–water partition coefficient (Wildman–Crippen LogP) is 1.24. The van der Waals surface area contributed by atoms with Crippen LogP contribution in [0.1, 0.15) is 33.6 Å². The molecule has 0 aromatic heterocycles. The lowest BCUT2D eigenvalue weighted by Gasteiger charge is -2.38. The van der Waals surface area contributed by atoms with Crippen molar-refractivity contribution in [3.8, 4) is 0 Å². The molecule has 1 aliphatic rings. The summed E-state index contributed by atoms with van der Waals surface area (Å²) in [6, 6.07) is 0. The first-order valence-electron chi connectivity index (χ1n) is 6.15. The van der Waals surface area contributed by atoms with Crippen LogP contribution < -0.4 is 10.6 Å². The van der Waals surface area contributed by atoms with Gasteiger partial charge in [0.2, 0.25) is 0 Å². The summed E-state index contributed by atoms with van der Waals surface area (Å²) >= 11 is 0. The number of carbonyl (C=O) groups excluding carboxylic acids is 1. The Morgan fingerprint density at radius 2 is 2.00 bits per heavy atom. The summed E-state index contributed by atoms with van der Waals surface area (Å²) in [7, 11) is 0. The summed E-state index contributed by atoms with van der Waals surface area (Å²) in [6.07, 6.45) is 0.275. The summed E-state index contributed by atoms with van der Waals surface area (Å²) < 4.78 is 0. The molecule has 2 atom stereocenters. The molecule has 1 aliphatic heterocycles. The highest BCUT2D eigenvalue weighted by molar-refractivity contribution is 5.93. The monoisotopic (exact) mass is 242 g/mol. The van der Waals surface area contributed by atoms with Gasteiger partial charge in [-0.1, -0.05) is 20.8 Å². The summed E-state index contributed by atoms with van der Waals surface area (Å²) in [5, 5.41) is 14.5. The maximum absolute atomic E-state index is 12.4. The summed E-state index contributed by atoms with van der Waals surface area (Å²) in [5.74, 6) is 0.0840. The van der Waals surface area contributed by atoms with Gasteiger partial charge in [0.25, 0.3) is 0 Å². The standard InChI is InChI=1S/C12H22N2O3/c1-8(2)9(3)10(15)12(14-11(16)17)5-4-6-13-7-12/h8-9,13-14H,4-7H2,1-3H3,(H,16,17). The van der Waals surface area contributed by atoms with E-state index >= 15 is 0 Å². The molecule has 5 heteroatoms. The van der Waals surface area contributed by atoms with E-state index in [1.807, 2.05) is 20.8 Å². The average Bonchev–Trinajstić information content (AvgIpc) is 2.27. The van der Waals surface area contributed by atoms with E-state index in [1.54, 1.807) is 0 Å². The molecule has 17 heavy (non-hydrogen) atoms. The van der Waals surface area contributed by atoms with Crippen LogP contribution in [0.25, 0.3) is 0 Å². The van der Waals surface area contributed by atoms with Crippen LogP contribution in [0.4, 0.5) is 4.79 Å². The Hall–Kier alpha value is -1.10. The van der Waals surface area contributed by atoms with Crippen molar-refractivity contribution in [3.05, 3.63) is 0 Å². The molecule has 3 N–H and O–H groups in total. The maximum atomic E-state index is 12.4. The van der Waals surface area contributed by atoms with Crippen LogP contribution in [-0.2, 0) is 4.79 Å². The second-order valence-corrected chi connectivity index (χ2v) is 5.19. The largest absolute Gasteiger partial charge is 0.465 e. The molecule has 0 saturated carbocycles. The van der Waals surface area contributed by atoms with Gasteiger partial charge in [0.15, 0.2) is 5.78 Å². The van der Waals surface area contributed by atoms with Gasteiger partial charge < -0.3 is 15.7 Å². The van der Waals surface area contributed by atoms with Crippen molar-refractivity contribution < 1.29 is 14.7 Å². The Morgan fingerprint density at radius 1 is 1.35 bits per heavy atom. The SMILES string of the molecule is CC(C)C(C)C(=O)C1(NC(=O)O)CCCNC1. The predicted molar refractivity (Wildman–Crippen MR) is 65.0 cm³/mol. The fraction of sp³-hybridized carbons (Fsp3) is 0.833. The lowest BCUT2D eigenvalue weighted by Crippen LogP contribution is -2.63. The summed E-state index contributed by atoms with van der Waals surface area (Å²) in [4.78, 5) is 23.3. The van der Waals surface area contributed by atoms with Gasteiger partial charge in [-0.15, -0.1) is 0 Å². The van der Waals surface area contributed by atoms with Crippen molar-refractivity contribution in [2.45, 2.75) is 39.2 Å². The Balaban J connectivity index is 2.88. The van der Waals surface area contributed by atoms with Crippen LogP contribution in [0, 0.1) is 11.8 Å². The highest BCUT2D eigenvalue weighted by Gasteiger charge is 2.43. The number of rotatable bonds is 4. The van der Waals surface area contributed by atoms with Crippen molar-refractivity contribution >= 4 is 11.9 Å². The molecule has 98 valence electrons. The van der Waals surface area contributed by atoms with E-state index in [0.717, 1.165) is 13.0 Å². The Bertz CT molecular complexity index is 296. The van der Waals surface area contributed by atoms with Crippen LogP contribution in [-0.4, -0.2) is 35.6 Å². The number of carboxylic acid groups (broad SMARTS) is 1. The first-order valence-corrected chi connectivity index (χ1v) is 6.15. The molecular formula is C12H22N2O3. The Kier molecular flexibility index (Phi) is 4.51. The number of Topliss-reactive ketones (excluding diaryl/α,β-unsaturated/α-hetero) is 1. The van der Waals surface area contributed by atoms with Gasteiger partial charge >= 0.3 is 6.09 Å². The molecule has 0 spiro atoms. The normalized spacial score (nSPS) is 26.6. The Labute approximate surface area is 102 Å². The maximum Gasteiger partial charge on any atom is 0.405 e. The molecule has 1 amide bonds. The molecule has 0 aromatic carbocycles. The number of nitrogens with one attached hydrogen (secondary N) is 2. The third-order valence-electron chi connectivity index (χ3n) is 3.62. The minimum absolute atomic E-state index is 0.00194. The second kappa shape index (κ2) is 5.49. The topological polar surface area (TPSA) is 78.4 Å². The Morgan fingerprint density at radius 3 is 2.41 bits per heavy atom. The third kappa shape index (κ3) is 3.19. The van der Waals surface area contributed by atoms with Crippen LogP contribution in [0.3, 0.4) is 0 Å². The van der Waals surface area contributed by atoms with Crippen molar-refractivity contribution in [1.82, 2.24) is 10.6 Å². The zero-order chi connectivity index (χ0) is 13.1. The summed E-state index contributed by atoms with van der Waals surface area (Å²) in [5.41, 5.74) is -0.937. The minimum atomic E-state index is -1.13. The van der Waals surface area contributed by atoms with Crippen LogP contribution in [0.5, 0.6) is 0 Å². The van der Waals surface area contributed by atoms with Gasteiger partial charge in [0.1, 0.15) is 5.54 Å². The molecule has 0 aliphatic carbocycles. The number of hydrogen-bond donors (Lipinski definition) is 3. The first kappa shape index (κ1) is 14.0. The van der Waals surface area contributed by atoms with E-state index < -0.39 is 11.6 Å². The molecular weight excluding hydrogens is 220 g/mol. The zero-order valence-corrected chi connectivity index (χ0v) is 10.7. The highest BCUT2D eigenvalue weighted by atomic mass is 16.4. The number of carbonyl (C=O) groups is 2. The van der Waals surface area contributed by atoms with Gasteiger partial charge in [0.05, 0.1) is 0 Å². The average molecular weight is 242 g/mol. The van der Waals surface area contributed by atoms with E-state index in [1.165, 1.54) is 0 Å². The summed E-state index contributed by atoms with van der Waals surface area (Å²) in [6.45, 7) is 7.06. The minimum Gasteiger partial charge on any atom is -0.465 e. The fourth-order valence-electron chi connectivity index (χ4n) is 2.23. The lowest BCUT2D eigenvalue weighted by atomic mass is 9.77. The number of hydrogen-bond acceptors (Lipinski definition) is 3. The third-order valence-corrected chi connectivity index (χ3v) is 3.62. The zero-order valence-electron chi connectivity index (χ0n) is 10.7. The van der Waals surface area contributed by atoms with Gasteiger partial charge in [-0.05, 0) is 25.3 Å². The first-order chi connectivity index (χ1) is 7.89. The number of piperidine rings is 1. The van der Waals surface area contributed by atoms with E-state index in [2.05, 4.69) is 10.6 Å². The van der Waals surface area contributed by atoms with Crippen molar-refractivity contribution in [2.75, 3.05) is 13.1 Å². The lowest BCUT2D eigenvalue weighted by molar-refractivity contribution is -0.130. The molecule has 5 nitrogen and oxygen atoms in total. The molecule has 0 bridgehead atoms. The molecule has 0 aromatic rings. The van der Waals surface area contributed by atoms with Crippen LogP contribution in [0.2, 0.25) is 0 Å². The van der Waals surface area contributed by atoms with Crippen molar-refractivity contribution in [1.29, 1.82) is 0 Å². The van der Waals surface area contributed by atoms with Crippen molar-refractivity contribution in [3.63, 3.8) is 0 Å². The quantitative estimate of drug-likeness (QED) is 0.693. The number of ketones is 1. The van der Waals surface area contributed by atoms with Crippen LogP contribution >= 0.6 is 0 Å². The van der Waals surface area contributed by atoms with Gasteiger partial charge in [0, 0.05) is 12.5 Å². The van der Waals surface area contributed by atoms with Gasteiger partial charge in [-0.3, -0.25) is 4.79 Å². The van der Waals surface area contributed by atoms with E-state index in [-0.39, 0.29) is 17.6 Å². The smallest absolute Gasteiger partial charge is 0.405 e. The van der Waals surface area contributed by atoms with Gasteiger partial charge in [-0.25, -0.2) is 4.79 Å². The molecule has 1 fully saturated rings. The second-order valence-electron chi connectivity index (χ2n) is 5.19. The van der Waals surface area contributed by atoms with E-state index in [0.29, 0.717) is 13.0 Å². The van der Waals surface area contributed by atoms with Gasteiger partial charge in [-0.2, -0.15) is 0 Å². The number of amides is 1.